The molecule has 24 heavy (non-hydrogen) atoms. The van der Waals surface area contributed by atoms with Crippen LogP contribution in [0.1, 0.15) is 13.8 Å². The molecule has 0 fully saturated rings. The SMILES string of the molecule is COc1ccc(S(=O)(=O)Nc2cccc(OC(C)C)c2)cc1OC. The van der Waals surface area contributed by atoms with E-state index in [1.54, 1.807) is 30.3 Å². The van der Waals surface area contributed by atoms with Gasteiger partial charge in [-0.3, -0.25) is 4.72 Å². The summed E-state index contributed by atoms with van der Waals surface area (Å²) < 4.78 is 43.5. The third-order valence-electron chi connectivity index (χ3n) is 3.12. The summed E-state index contributed by atoms with van der Waals surface area (Å²) in [5, 5.41) is 0. The molecule has 0 aromatic heterocycles. The molecule has 0 unspecified atom stereocenters. The van der Waals surface area contributed by atoms with E-state index >= 15 is 0 Å². The van der Waals surface area contributed by atoms with Gasteiger partial charge in [0.1, 0.15) is 5.75 Å². The van der Waals surface area contributed by atoms with Crippen molar-refractivity contribution < 1.29 is 22.6 Å². The van der Waals surface area contributed by atoms with Gasteiger partial charge >= 0.3 is 0 Å². The Hall–Kier alpha value is -2.41. The molecule has 0 atom stereocenters. The first-order valence-electron chi connectivity index (χ1n) is 7.37. The Labute approximate surface area is 142 Å². The van der Waals surface area contributed by atoms with Gasteiger partial charge in [0.25, 0.3) is 10.0 Å². The van der Waals surface area contributed by atoms with Crippen LogP contribution in [0.2, 0.25) is 0 Å². The van der Waals surface area contributed by atoms with Gasteiger partial charge < -0.3 is 14.2 Å². The van der Waals surface area contributed by atoms with Crippen LogP contribution in [-0.4, -0.2) is 28.7 Å². The van der Waals surface area contributed by atoms with E-state index in [0.29, 0.717) is 22.9 Å². The van der Waals surface area contributed by atoms with Crippen LogP contribution >= 0.6 is 0 Å². The van der Waals surface area contributed by atoms with E-state index in [1.165, 1.54) is 26.4 Å². The summed E-state index contributed by atoms with van der Waals surface area (Å²) >= 11 is 0. The number of rotatable bonds is 7. The van der Waals surface area contributed by atoms with Crippen molar-refractivity contribution in [3.8, 4) is 17.2 Å². The van der Waals surface area contributed by atoms with Gasteiger partial charge in [0, 0.05) is 12.1 Å². The quantitative estimate of drug-likeness (QED) is 0.828. The van der Waals surface area contributed by atoms with Crippen LogP contribution in [0.25, 0.3) is 0 Å². The third kappa shape index (κ3) is 4.32. The summed E-state index contributed by atoms with van der Waals surface area (Å²) in [6.45, 7) is 3.81. The highest BCUT2D eigenvalue weighted by Crippen LogP contribution is 2.30. The molecule has 0 aliphatic rings. The van der Waals surface area contributed by atoms with Gasteiger partial charge in [0.05, 0.1) is 30.9 Å². The van der Waals surface area contributed by atoms with Crippen molar-refractivity contribution in [3.63, 3.8) is 0 Å². The van der Waals surface area contributed by atoms with E-state index in [-0.39, 0.29) is 11.0 Å². The Morgan fingerprint density at radius 2 is 1.67 bits per heavy atom. The Morgan fingerprint density at radius 1 is 0.958 bits per heavy atom. The van der Waals surface area contributed by atoms with Crippen LogP contribution in [0.15, 0.2) is 47.4 Å². The fraction of sp³-hybridized carbons (Fsp3) is 0.294. The normalized spacial score (nSPS) is 11.2. The highest BCUT2D eigenvalue weighted by atomic mass is 32.2. The fourth-order valence-corrected chi connectivity index (χ4v) is 3.17. The molecule has 0 aliphatic heterocycles. The zero-order chi connectivity index (χ0) is 17.7. The second kappa shape index (κ2) is 7.44. The van der Waals surface area contributed by atoms with Gasteiger partial charge in [-0.05, 0) is 38.1 Å². The van der Waals surface area contributed by atoms with Crippen molar-refractivity contribution >= 4 is 15.7 Å². The standard InChI is InChI=1S/C17H21NO5S/c1-12(2)23-14-7-5-6-13(10-14)18-24(19,20)15-8-9-16(21-3)17(11-15)22-4/h5-12,18H,1-4H3. The maximum atomic E-state index is 12.6. The molecule has 0 radical (unpaired) electrons. The molecule has 0 heterocycles. The number of hydrogen-bond acceptors (Lipinski definition) is 5. The third-order valence-corrected chi connectivity index (χ3v) is 4.50. The topological polar surface area (TPSA) is 73.9 Å². The van der Waals surface area contributed by atoms with Gasteiger partial charge in [0.15, 0.2) is 11.5 Å². The number of methoxy groups -OCH3 is 2. The minimum atomic E-state index is -3.76. The van der Waals surface area contributed by atoms with Crippen molar-refractivity contribution in [2.75, 3.05) is 18.9 Å². The number of hydrogen-bond donors (Lipinski definition) is 1. The summed E-state index contributed by atoms with van der Waals surface area (Å²) in [7, 11) is -0.814. The maximum absolute atomic E-state index is 12.6. The lowest BCUT2D eigenvalue weighted by molar-refractivity contribution is 0.242. The van der Waals surface area contributed by atoms with Crippen LogP contribution < -0.4 is 18.9 Å². The molecule has 2 aromatic rings. The van der Waals surface area contributed by atoms with Crippen molar-refractivity contribution in [1.29, 1.82) is 0 Å². The number of benzene rings is 2. The lowest BCUT2D eigenvalue weighted by Crippen LogP contribution is -2.13. The van der Waals surface area contributed by atoms with Gasteiger partial charge in [-0.15, -0.1) is 0 Å². The molecule has 6 nitrogen and oxygen atoms in total. The monoisotopic (exact) mass is 351 g/mol. The summed E-state index contributed by atoms with van der Waals surface area (Å²) in [5.74, 6) is 1.40. The Balaban J connectivity index is 2.28. The van der Waals surface area contributed by atoms with Crippen LogP contribution in [0, 0.1) is 0 Å². The highest BCUT2D eigenvalue weighted by Gasteiger charge is 2.17. The number of ether oxygens (including phenoxy) is 3. The van der Waals surface area contributed by atoms with Crippen molar-refractivity contribution in [2.45, 2.75) is 24.8 Å². The first kappa shape index (κ1) is 17.9. The summed E-state index contributed by atoms with van der Waals surface area (Å²) in [5.41, 5.74) is 0.419. The lowest BCUT2D eigenvalue weighted by Gasteiger charge is -2.13. The van der Waals surface area contributed by atoms with Crippen LogP contribution in [0.5, 0.6) is 17.2 Å². The molecule has 0 spiro atoms. The average Bonchev–Trinajstić information content (AvgIpc) is 2.53. The molecule has 0 bridgehead atoms. The molecular formula is C17H21NO5S. The highest BCUT2D eigenvalue weighted by molar-refractivity contribution is 7.92. The van der Waals surface area contributed by atoms with E-state index in [1.807, 2.05) is 13.8 Å². The van der Waals surface area contributed by atoms with Crippen molar-refractivity contribution in [1.82, 2.24) is 0 Å². The first-order valence-corrected chi connectivity index (χ1v) is 8.85. The second-order valence-corrected chi connectivity index (χ2v) is 7.00. The summed E-state index contributed by atoms with van der Waals surface area (Å²) in [6.07, 6.45) is 0.00251. The molecular weight excluding hydrogens is 330 g/mol. The van der Waals surface area contributed by atoms with E-state index in [4.69, 9.17) is 14.2 Å². The minimum Gasteiger partial charge on any atom is -0.493 e. The van der Waals surface area contributed by atoms with E-state index in [2.05, 4.69) is 4.72 Å². The lowest BCUT2D eigenvalue weighted by atomic mass is 10.3. The minimum absolute atomic E-state index is 0.00251. The number of anilines is 1. The van der Waals surface area contributed by atoms with Gasteiger partial charge in [0.2, 0.25) is 0 Å². The predicted octanol–water partition coefficient (Wildman–Crippen LogP) is 3.29. The van der Waals surface area contributed by atoms with E-state index in [9.17, 15) is 8.42 Å². The Kier molecular flexibility index (Phi) is 5.56. The first-order chi connectivity index (χ1) is 11.4. The Morgan fingerprint density at radius 3 is 2.29 bits per heavy atom. The largest absolute Gasteiger partial charge is 0.493 e. The number of sulfonamides is 1. The zero-order valence-electron chi connectivity index (χ0n) is 14.1. The van der Waals surface area contributed by atoms with Crippen molar-refractivity contribution in [2.24, 2.45) is 0 Å². The fourth-order valence-electron chi connectivity index (χ4n) is 2.10. The number of nitrogens with one attached hydrogen (secondary N) is 1. The van der Waals surface area contributed by atoms with Crippen LogP contribution in [0.4, 0.5) is 5.69 Å². The summed E-state index contributed by atoms with van der Waals surface area (Å²) in [6, 6.07) is 11.2. The molecule has 130 valence electrons. The smallest absolute Gasteiger partial charge is 0.262 e. The summed E-state index contributed by atoms with van der Waals surface area (Å²) in [4.78, 5) is 0.0790. The van der Waals surface area contributed by atoms with Gasteiger partial charge in [-0.1, -0.05) is 6.07 Å². The second-order valence-electron chi connectivity index (χ2n) is 5.32. The van der Waals surface area contributed by atoms with E-state index in [0.717, 1.165) is 0 Å². The molecule has 7 heteroatoms. The van der Waals surface area contributed by atoms with Crippen molar-refractivity contribution in [3.05, 3.63) is 42.5 Å². The Bertz CT molecular complexity index is 802. The van der Waals surface area contributed by atoms with Gasteiger partial charge in [-0.25, -0.2) is 8.42 Å². The molecule has 1 N–H and O–H groups in total. The van der Waals surface area contributed by atoms with Crippen LogP contribution in [0.3, 0.4) is 0 Å². The van der Waals surface area contributed by atoms with E-state index < -0.39 is 10.0 Å². The molecule has 0 saturated carbocycles. The molecule has 0 amide bonds. The molecule has 2 aromatic carbocycles. The molecule has 2 rings (SSSR count). The van der Waals surface area contributed by atoms with Crippen LogP contribution in [-0.2, 0) is 10.0 Å². The van der Waals surface area contributed by atoms with Gasteiger partial charge in [-0.2, -0.15) is 0 Å². The average molecular weight is 351 g/mol. The molecule has 0 saturated heterocycles. The predicted molar refractivity (Wildman–Crippen MR) is 92.6 cm³/mol. The zero-order valence-corrected chi connectivity index (χ0v) is 14.9. The maximum Gasteiger partial charge on any atom is 0.262 e. The molecule has 0 aliphatic carbocycles.